The number of hydrogen-bond acceptors (Lipinski definition) is 4. The Morgan fingerprint density at radius 3 is 2.93 bits per heavy atom. The molecule has 0 aliphatic rings. The van der Waals surface area contributed by atoms with Crippen molar-refractivity contribution in [3.63, 3.8) is 0 Å². The third-order valence-electron chi connectivity index (χ3n) is 1.74. The summed E-state index contributed by atoms with van der Waals surface area (Å²) in [6, 6.07) is 6.53. The molecule has 0 spiro atoms. The Morgan fingerprint density at radius 2 is 2.21 bits per heavy atom. The van der Waals surface area contributed by atoms with Crippen molar-refractivity contribution < 1.29 is 4.39 Å². The van der Waals surface area contributed by atoms with Crippen LogP contribution in [0.25, 0.3) is 0 Å². The summed E-state index contributed by atoms with van der Waals surface area (Å²) >= 11 is 0. The van der Waals surface area contributed by atoms with Crippen LogP contribution in [-0.2, 0) is 6.54 Å². The van der Waals surface area contributed by atoms with Crippen molar-refractivity contribution >= 4 is 5.95 Å². The van der Waals surface area contributed by atoms with Crippen LogP contribution in [0.5, 0.6) is 0 Å². The van der Waals surface area contributed by atoms with Crippen LogP contribution in [0.2, 0.25) is 0 Å². The predicted molar refractivity (Wildman–Crippen MR) is 47.9 cm³/mol. The zero-order valence-corrected chi connectivity index (χ0v) is 7.24. The van der Waals surface area contributed by atoms with E-state index in [0.717, 1.165) is 0 Å². The number of aromatic nitrogens is 4. The summed E-state index contributed by atoms with van der Waals surface area (Å²) in [5, 5.41) is 15.8. The molecule has 6 heteroatoms. The van der Waals surface area contributed by atoms with E-state index in [9.17, 15) is 4.39 Å². The van der Waals surface area contributed by atoms with Crippen LogP contribution < -0.4 is 5.32 Å². The summed E-state index contributed by atoms with van der Waals surface area (Å²) in [5.41, 5.74) is 0.567. The van der Waals surface area contributed by atoms with E-state index in [4.69, 9.17) is 0 Å². The molecule has 0 aliphatic heterocycles. The Balaban J connectivity index is 2.02. The molecule has 0 radical (unpaired) electrons. The number of hydrogen-bond donors (Lipinski definition) is 2. The molecule has 1 aromatic heterocycles. The smallest absolute Gasteiger partial charge is 0.263 e. The molecule has 0 fully saturated rings. The van der Waals surface area contributed by atoms with Crippen LogP contribution in [0.4, 0.5) is 10.3 Å². The number of rotatable bonds is 3. The molecule has 0 amide bonds. The standard InChI is InChI=1S/C8H8FN5/c9-7-4-2-1-3-6(7)5-10-8-11-13-14-12-8/h1-4H,5H2,(H2,10,11,12,13,14). The fourth-order valence-electron chi connectivity index (χ4n) is 1.05. The highest BCUT2D eigenvalue weighted by Crippen LogP contribution is 2.07. The molecule has 14 heavy (non-hydrogen) atoms. The minimum Gasteiger partial charge on any atom is -0.347 e. The SMILES string of the molecule is Fc1ccccc1CNc1nn[nH]n1. The highest BCUT2D eigenvalue weighted by atomic mass is 19.1. The summed E-state index contributed by atoms with van der Waals surface area (Å²) in [5.74, 6) is 0.108. The van der Waals surface area contributed by atoms with E-state index in [1.54, 1.807) is 18.2 Å². The van der Waals surface area contributed by atoms with Crippen LogP contribution in [0.3, 0.4) is 0 Å². The molecule has 72 valence electrons. The Labute approximate surface area is 79.3 Å². The van der Waals surface area contributed by atoms with Gasteiger partial charge in [-0.15, -0.1) is 5.10 Å². The second-order valence-corrected chi connectivity index (χ2v) is 2.68. The summed E-state index contributed by atoms with van der Waals surface area (Å²) in [6.07, 6.45) is 0. The maximum atomic E-state index is 13.1. The fourth-order valence-corrected chi connectivity index (χ4v) is 1.05. The molecular weight excluding hydrogens is 185 g/mol. The van der Waals surface area contributed by atoms with E-state index in [2.05, 4.69) is 25.9 Å². The second-order valence-electron chi connectivity index (χ2n) is 2.68. The van der Waals surface area contributed by atoms with E-state index in [-0.39, 0.29) is 5.82 Å². The van der Waals surface area contributed by atoms with Crippen LogP contribution in [0.15, 0.2) is 24.3 Å². The zero-order valence-electron chi connectivity index (χ0n) is 7.24. The molecule has 5 nitrogen and oxygen atoms in total. The maximum Gasteiger partial charge on any atom is 0.263 e. The number of nitrogens with one attached hydrogen (secondary N) is 2. The molecule has 0 bridgehead atoms. The van der Waals surface area contributed by atoms with Gasteiger partial charge in [0.2, 0.25) is 0 Å². The van der Waals surface area contributed by atoms with Crippen molar-refractivity contribution in [2.45, 2.75) is 6.54 Å². The average Bonchev–Trinajstić information content (AvgIpc) is 2.69. The van der Waals surface area contributed by atoms with Crippen molar-refractivity contribution in [1.29, 1.82) is 0 Å². The lowest BCUT2D eigenvalue weighted by Crippen LogP contribution is -2.02. The van der Waals surface area contributed by atoms with Gasteiger partial charge in [0.1, 0.15) is 5.82 Å². The second kappa shape index (κ2) is 3.82. The van der Waals surface area contributed by atoms with E-state index in [0.29, 0.717) is 18.1 Å². The number of benzene rings is 1. The maximum absolute atomic E-state index is 13.1. The number of anilines is 1. The van der Waals surface area contributed by atoms with Crippen molar-refractivity contribution in [3.05, 3.63) is 35.6 Å². The average molecular weight is 193 g/mol. The van der Waals surface area contributed by atoms with Gasteiger partial charge in [-0.1, -0.05) is 23.3 Å². The third kappa shape index (κ3) is 1.85. The number of H-pyrrole nitrogens is 1. The monoisotopic (exact) mass is 193 g/mol. The molecule has 0 aliphatic carbocycles. The van der Waals surface area contributed by atoms with Crippen molar-refractivity contribution in [2.75, 3.05) is 5.32 Å². The normalized spacial score (nSPS) is 10.1. The van der Waals surface area contributed by atoms with Crippen molar-refractivity contribution in [1.82, 2.24) is 20.6 Å². The van der Waals surface area contributed by atoms with Gasteiger partial charge in [-0.05, 0) is 11.3 Å². The highest BCUT2D eigenvalue weighted by Gasteiger charge is 2.01. The third-order valence-corrected chi connectivity index (χ3v) is 1.74. The van der Waals surface area contributed by atoms with Crippen molar-refractivity contribution in [3.8, 4) is 0 Å². The van der Waals surface area contributed by atoms with Crippen LogP contribution >= 0.6 is 0 Å². The molecular formula is C8H8FN5. The summed E-state index contributed by atoms with van der Waals surface area (Å²) in [4.78, 5) is 0. The van der Waals surface area contributed by atoms with E-state index < -0.39 is 0 Å². The zero-order chi connectivity index (χ0) is 9.80. The Bertz CT molecular complexity index is 400. The highest BCUT2D eigenvalue weighted by molar-refractivity contribution is 5.25. The molecule has 2 aromatic rings. The number of nitrogens with zero attached hydrogens (tertiary/aromatic N) is 3. The fraction of sp³-hybridized carbons (Fsp3) is 0.125. The van der Waals surface area contributed by atoms with E-state index >= 15 is 0 Å². The lowest BCUT2D eigenvalue weighted by Gasteiger charge is -2.02. The van der Waals surface area contributed by atoms with Gasteiger partial charge in [-0.3, -0.25) is 0 Å². The van der Waals surface area contributed by atoms with Gasteiger partial charge < -0.3 is 5.32 Å². The van der Waals surface area contributed by atoms with Crippen molar-refractivity contribution in [2.24, 2.45) is 0 Å². The van der Waals surface area contributed by atoms with Gasteiger partial charge in [0.15, 0.2) is 0 Å². The molecule has 1 heterocycles. The van der Waals surface area contributed by atoms with Gasteiger partial charge in [-0.25, -0.2) is 4.39 Å². The molecule has 0 atom stereocenters. The lowest BCUT2D eigenvalue weighted by molar-refractivity contribution is 0.612. The number of aromatic amines is 1. The quantitative estimate of drug-likeness (QED) is 0.761. The first-order valence-corrected chi connectivity index (χ1v) is 4.07. The number of halogens is 1. The lowest BCUT2D eigenvalue weighted by atomic mass is 10.2. The first-order valence-electron chi connectivity index (χ1n) is 4.07. The molecule has 1 aromatic carbocycles. The van der Waals surface area contributed by atoms with Crippen LogP contribution in [-0.4, -0.2) is 20.6 Å². The summed E-state index contributed by atoms with van der Waals surface area (Å²) in [6.45, 7) is 0.339. The molecule has 0 saturated heterocycles. The first kappa shape index (κ1) is 8.61. The molecule has 2 N–H and O–H groups in total. The molecule has 2 rings (SSSR count). The minimum absolute atomic E-state index is 0.247. The van der Waals surface area contributed by atoms with Gasteiger partial charge >= 0.3 is 0 Å². The summed E-state index contributed by atoms with van der Waals surface area (Å²) < 4.78 is 13.1. The van der Waals surface area contributed by atoms with E-state index in [1.807, 2.05) is 0 Å². The largest absolute Gasteiger partial charge is 0.347 e. The minimum atomic E-state index is -0.247. The predicted octanol–water partition coefficient (Wildman–Crippen LogP) is 0.951. The van der Waals surface area contributed by atoms with Crippen LogP contribution in [0, 0.1) is 5.82 Å². The first-order chi connectivity index (χ1) is 6.86. The topological polar surface area (TPSA) is 66.5 Å². The van der Waals surface area contributed by atoms with Gasteiger partial charge in [0.25, 0.3) is 5.95 Å². The van der Waals surface area contributed by atoms with Crippen LogP contribution in [0.1, 0.15) is 5.56 Å². The van der Waals surface area contributed by atoms with Gasteiger partial charge in [-0.2, -0.15) is 5.21 Å². The Kier molecular flexibility index (Phi) is 2.35. The van der Waals surface area contributed by atoms with E-state index in [1.165, 1.54) is 6.07 Å². The number of tetrazole rings is 1. The molecule has 0 saturated carbocycles. The summed E-state index contributed by atoms with van der Waals surface area (Å²) in [7, 11) is 0. The molecule has 0 unspecified atom stereocenters. The van der Waals surface area contributed by atoms with Gasteiger partial charge in [0, 0.05) is 12.1 Å². The van der Waals surface area contributed by atoms with Gasteiger partial charge in [0.05, 0.1) is 0 Å². The Morgan fingerprint density at radius 1 is 1.36 bits per heavy atom. The Hall–Kier alpha value is -1.98.